The van der Waals surface area contributed by atoms with Gasteiger partial charge in [0, 0.05) is 6.08 Å². The Balaban J connectivity index is 2.32. The van der Waals surface area contributed by atoms with Crippen LogP contribution in [0.2, 0.25) is 0 Å². The Labute approximate surface area is 106 Å². The maximum atomic E-state index is 14.1. The molecule has 0 amide bonds. The first-order valence-electron chi connectivity index (χ1n) is 5.40. The largest absolute Gasteiger partial charge is 0.508 e. The quantitative estimate of drug-likeness (QED) is 0.833. The van der Waals surface area contributed by atoms with Crippen molar-refractivity contribution in [2.45, 2.75) is 17.9 Å². The van der Waals surface area contributed by atoms with Gasteiger partial charge in [0.1, 0.15) is 11.5 Å². The summed E-state index contributed by atoms with van der Waals surface area (Å²) in [5.41, 5.74) is -3.67. The molecule has 0 aliphatic heterocycles. The predicted molar refractivity (Wildman–Crippen MR) is 60.6 cm³/mol. The molecule has 1 aliphatic carbocycles. The second-order valence-electron chi connectivity index (χ2n) is 4.04. The van der Waals surface area contributed by atoms with Gasteiger partial charge in [0.2, 0.25) is 0 Å². The van der Waals surface area contributed by atoms with Crippen molar-refractivity contribution in [1.29, 1.82) is 0 Å². The highest BCUT2D eigenvalue weighted by Crippen LogP contribution is 2.42. The Bertz CT molecular complexity index is 507. The van der Waals surface area contributed by atoms with Crippen molar-refractivity contribution in [3.8, 4) is 5.75 Å². The van der Waals surface area contributed by atoms with Gasteiger partial charge in [0.05, 0.1) is 0 Å². The molecule has 0 radical (unpaired) electrons. The number of hydrogen-bond acceptors (Lipinski definition) is 2. The van der Waals surface area contributed by atoms with Gasteiger partial charge >= 0.3 is 6.18 Å². The number of alkyl halides is 4. The van der Waals surface area contributed by atoms with E-state index < -0.39 is 23.7 Å². The van der Waals surface area contributed by atoms with Crippen LogP contribution in [-0.4, -0.2) is 23.1 Å². The standard InChI is InChI=1S/C13H10F4O2/c14-12(13(15,16)17)7-6-9(18)8-11(12)19-10-4-2-1-3-5-10/h1-8,11,18H. The molecule has 2 atom stereocenters. The van der Waals surface area contributed by atoms with E-state index in [1.54, 1.807) is 18.2 Å². The summed E-state index contributed by atoms with van der Waals surface area (Å²) in [6, 6.07) is 7.55. The molecule has 0 spiro atoms. The van der Waals surface area contributed by atoms with Crippen LogP contribution in [-0.2, 0) is 0 Å². The first-order valence-corrected chi connectivity index (χ1v) is 5.40. The highest BCUT2D eigenvalue weighted by Gasteiger charge is 2.61. The topological polar surface area (TPSA) is 29.5 Å². The minimum Gasteiger partial charge on any atom is -0.508 e. The van der Waals surface area contributed by atoms with E-state index in [2.05, 4.69) is 0 Å². The fourth-order valence-corrected chi connectivity index (χ4v) is 1.65. The molecule has 102 valence electrons. The van der Waals surface area contributed by atoms with E-state index >= 15 is 0 Å². The summed E-state index contributed by atoms with van der Waals surface area (Å²) >= 11 is 0. The number of aliphatic hydroxyl groups is 1. The van der Waals surface area contributed by atoms with Crippen LogP contribution in [0.15, 0.2) is 54.3 Å². The second kappa shape index (κ2) is 4.60. The molecule has 0 aromatic heterocycles. The molecular weight excluding hydrogens is 264 g/mol. The van der Waals surface area contributed by atoms with Crippen molar-refractivity contribution in [1.82, 2.24) is 0 Å². The van der Waals surface area contributed by atoms with E-state index in [1.807, 2.05) is 0 Å². The van der Waals surface area contributed by atoms with E-state index in [0.717, 1.165) is 0 Å². The first kappa shape index (κ1) is 13.5. The lowest BCUT2D eigenvalue weighted by Crippen LogP contribution is -2.52. The van der Waals surface area contributed by atoms with Gasteiger partial charge in [-0.25, -0.2) is 4.39 Å². The van der Waals surface area contributed by atoms with Crippen LogP contribution in [0.5, 0.6) is 5.75 Å². The molecule has 1 aromatic rings. The average Bonchev–Trinajstić information content (AvgIpc) is 2.34. The monoisotopic (exact) mass is 274 g/mol. The number of ether oxygens (including phenoxy) is 1. The number of hydrogen-bond donors (Lipinski definition) is 1. The van der Waals surface area contributed by atoms with Gasteiger partial charge in [-0.1, -0.05) is 18.2 Å². The van der Waals surface area contributed by atoms with E-state index in [4.69, 9.17) is 4.74 Å². The third-order valence-corrected chi connectivity index (χ3v) is 2.67. The molecule has 1 N–H and O–H groups in total. The summed E-state index contributed by atoms with van der Waals surface area (Å²) in [7, 11) is 0. The molecular formula is C13H10F4O2. The van der Waals surface area contributed by atoms with E-state index in [1.165, 1.54) is 12.1 Å². The van der Waals surface area contributed by atoms with Crippen LogP contribution >= 0.6 is 0 Å². The minimum absolute atomic E-state index is 0.0816. The fourth-order valence-electron chi connectivity index (χ4n) is 1.65. The van der Waals surface area contributed by atoms with Crippen molar-refractivity contribution < 1.29 is 27.4 Å². The van der Waals surface area contributed by atoms with Crippen molar-refractivity contribution in [3.05, 3.63) is 54.3 Å². The lowest BCUT2D eigenvalue weighted by molar-refractivity contribution is -0.231. The van der Waals surface area contributed by atoms with Crippen molar-refractivity contribution in [3.63, 3.8) is 0 Å². The van der Waals surface area contributed by atoms with Crippen molar-refractivity contribution >= 4 is 0 Å². The van der Waals surface area contributed by atoms with Gasteiger partial charge in [0.25, 0.3) is 5.67 Å². The maximum absolute atomic E-state index is 14.1. The summed E-state index contributed by atoms with van der Waals surface area (Å²) < 4.78 is 57.5. The maximum Gasteiger partial charge on any atom is 0.430 e. The van der Waals surface area contributed by atoms with Crippen molar-refractivity contribution in [2.75, 3.05) is 0 Å². The zero-order chi connectivity index (χ0) is 14.1. The van der Waals surface area contributed by atoms with Gasteiger partial charge < -0.3 is 9.84 Å². The number of allylic oxidation sites excluding steroid dienone is 1. The van der Waals surface area contributed by atoms with Crippen LogP contribution in [0, 0.1) is 0 Å². The van der Waals surface area contributed by atoms with Crippen molar-refractivity contribution in [2.24, 2.45) is 0 Å². The Kier molecular flexibility index (Phi) is 3.26. The van der Waals surface area contributed by atoms with Crippen LogP contribution in [0.4, 0.5) is 17.6 Å². The zero-order valence-electron chi connectivity index (χ0n) is 9.56. The fraction of sp³-hybridized carbons (Fsp3) is 0.231. The Morgan fingerprint density at radius 3 is 2.37 bits per heavy atom. The molecule has 19 heavy (non-hydrogen) atoms. The summed E-state index contributed by atoms with van der Waals surface area (Å²) in [6.07, 6.45) is -5.49. The second-order valence-corrected chi connectivity index (χ2v) is 4.04. The molecule has 0 heterocycles. The average molecular weight is 274 g/mol. The molecule has 0 saturated heterocycles. The molecule has 2 unspecified atom stereocenters. The molecule has 1 aliphatic rings. The highest BCUT2D eigenvalue weighted by atomic mass is 19.4. The predicted octanol–water partition coefficient (Wildman–Crippen LogP) is 3.72. The van der Waals surface area contributed by atoms with Crippen LogP contribution in [0.1, 0.15) is 0 Å². The molecule has 2 nitrogen and oxygen atoms in total. The molecule has 1 aromatic carbocycles. The van der Waals surface area contributed by atoms with Gasteiger partial charge in [-0.2, -0.15) is 13.2 Å². The first-order chi connectivity index (χ1) is 8.83. The summed E-state index contributed by atoms with van der Waals surface area (Å²) in [5, 5.41) is 9.22. The van der Waals surface area contributed by atoms with Gasteiger partial charge in [0.15, 0.2) is 6.10 Å². The summed E-state index contributed by atoms with van der Waals surface area (Å²) in [6.45, 7) is 0. The number of halogens is 4. The Morgan fingerprint density at radius 2 is 1.79 bits per heavy atom. The molecule has 6 heteroatoms. The van der Waals surface area contributed by atoms with Gasteiger partial charge in [-0.05, 0) is 24.3 Å². The van der Waals surface area contributed by atoms with E-state index in [-0.39, 0.29) is 11.8 Å². The molecule has 2 rings (SSSR count). The number of benzene rings is 1. The van der Waals surface area contributed by atoms with Crippen LogP contribution in [0.3, 0.4) is 0 Å². The highest BCUT2D eigenvalue weighted by molar-refractivity contribution is 5.32. The normalized spacial score (nSPS) is 26.9. The zero-order valence-corrected chi connectivity index (χ0v) is 9.56. The minimum atomic E-state index is -5.14. The molecule has 0 bridgehead atoms. The number of para-hydroxylation sites is 1. The third-order valence-electron chi connectivity index (χ3n) is 2.67. The Morgan fingerprint density at radius 1 is 1.16 bits per heavy atom. The molecule has 0 fully saturated rings. The van der Waals surface area contributed by atoms with E-state index in [0.29, 0.717) is 12.2 Å². The number of aliphatic hydroxyl groups excluding tert-OH is 1. The van der Waals surface area contributed by atoms with Crippen LogP contribution < -0.4 is 4.74 Å². The Hall–Kier alpha value is -1.98. The smallest absolute Gasteiger partial charge is 0.430 e. The summed E-state index contributed by atoms with van der Waals surface area (Å²) in [5.74, 6) is -0.392. The lowest BCUT2D eigenvalue weighted by Gasteiger charge is -2.33. The molecule has 0 saturated carbocycles. The number of rotatable bonds is 2. The third kappa shape index (κ3) is 2.57. The SMILES string of the molecule is OC1=CC(Oc2ccccc2)C(F)(C(F)(F)F)C=C1. The summed E-state index contributed by atoms with van der Waals surface area (Å²) in [4.78, 5) is 0. The van der Waals surface area contributed by atoms with Gasteiger partial charge in [-0.15, -0.1) is 0 Å². The van der Waals surface area contributed by atoms with E-state index in [9.17, 15) is 22.7 Å². The lowest BCUT2D eigenvalue weighted by atomic mass is 9.92. The van der Waals surface area contributed by atoms with Crippen LogP contribution in [0.25, 0.3) is 0 Å². The van der Waals surface area contributed by atoms with Gasteiger partial charge in [-0.3, -0.25) is 0 Å².